The largest absolute Gasteiger partial charge is 0.479 e. The summed E-state index contributed by atoms with van der Waals surface area (Å²) in [5, 5.41) is 22.5. The number of carboxylic acid groups (broad SMARTS) is 1. The second-order valence-corrected chi connectivity index (χ2v) is 17.7. The van der Waals surface area contributed by atoms with Crippen LogP contribution in [-0.2, 0) is 4.43 Å². The monoisotopic (exact) mass is 647 g/mol. The number of ether oxygens (including phenoxy) is 1. The molecule has 0 saturated carbocycles. The summed E-state index contributed by atoms with van der Waals surface area (Å²) >= 11 is 6.55. The van der Waals surface area contributed by atoms with Crippen LogP contribution in [0, 0.1) is 12.7 Å². The number of halogens is 3. The Kier molecular flexibility index (Phi) is 8.71. The lowest BCUT2D eigenvalue weighted by atomic mass is 10.0. The van der Waals surface area contributed by atoms with Crippen LogP contribution in [-0.4, -0.2) is 79.9 Å². The summed E-state index contributed by atoms with van der Waals surface area (Å²) in [6.45, 7) is 12.6. The average molecular weight is 648 g/mol. The molecular formula is C29H36ClF2N7O4Si. The van der Waals surface area contributed by atoms with Crippen molar-refractivity contribution in [3.63, 3.8) is 0 Å². The molecule has 236 valence electrons. The quantitative estimate of drug-likeness (QED) is 0.215. The Morgan fingerprint density at radius 3 is 2.66 bits per heavy atom. The minimum Gasteiger partial charge on any atom is -0.479 e. The van der Waals surface area contributed by atoms with Gasteiger partial charge in [-0.05, 0) is 49.7 Å². The van der Waals surface area contributed by atoms with Crippen molar-refractivity contribution < 1.29 is 27.8 Å². The van der Waals surface area contributed by atoms with Gasteiger partial charge in [0.1, 0.15) is 28.9 Å². The zero-order chi connectivity index (χ0) is 32.0. The Balaban J connectivity index is 1.51. The maximum Gasteiger partial charge on any atom is 0.407 e. The first-order chi connectivity index (χ1) is 20.7. The molecule has 1 unspecified atom stereocenters. The van der Waals surface area contributed by atoms with Crippen molar-refractivity contribution in [2.75, 3.05) is 19.7 Å². The molecule has 1 aliphatic rings. The van der Waals surface area contributed by atoms with Gasteiger partial charge in [-0.3, -0.25) is 4.98 Å². The Morgan fingerprint density at radius 1 is 1.27 bits per heavy atom. The van der Waals surface area contributed by atoms with E-state index in [0.29, 0.717) is 38.9 Å². The van der Waals surface area contributed by atoms with Gasteiger partial charge in [0.15, 0.2) is 14.4 Å². The number of piperidine rings is 1. The van der Waals surface area contributed by atoms with Crippen LogP contribution in [0.5, 0.6) is 5.75 Å². The lowest BCUT2D eigenvalue weighted by Gasteiger charge is -2.37. The molecule has 15 heteroatoms. The molecule has 1 saturated heterocycles. The third-order valence-electron chi connectivity index (χ3n) is 8.58. The third-order valence-corrected chi connectivity index (χ3v) is 13.4. The number of hydrogen-bond donors (Lipinski definition) is 1. The molecule has 0 radical (unpaired) electrons. The Morgan fingerprint density at radius 2 is 2.02 bits per heavy atom. The predicted octanol–water partition coefficient (Wildman–Crippen LogP) is 6.49. The number of hydrogen-bond acceptors (Lipinski definition) is 7. The standard InChI is InChI=1S/C29H36ClF2N7O4Si/c1-17-26(35-36-39(17)23-9-10-37(28(40)41)15-21(23)32)18-11-24(27-20(30)13-34-38(27)14-18)43-25(22-8-7-19(31)12-33-22)16-42-44(5,6)29(2,3)4/h7-8,11-14,21,23,25H,9-10,15-16H2,1-6H3,(H,40,41)/t21-,23-,25?/m0/s1. The zero-order valence-corrected chi connectivity index (χ0v) is 27.2. The van der Waals surface area contributed by atoms with Gasteiger partial charge >= 0.3 is 6.09 Å². The van der Waals surface area contributed by atoms with E-state index in [4.69, 9.17) is 20.8 Å². The summed E-state index contributed by atoms with van der Waals surface area (Å²) in [6, 6.07) is 3.98. The first-order valence-corrected chi connectivity index (χ1v) is 17.6. The van der Waals surface area contributed by atoms with E-state index in [2.05, 4.69) is 54.3 Å². The number of fused-ring (bicyclic) bond motifs is 1. The first-order valence-electron chi connectivity index (χ1n) is 14.3. The lowest BCUT2D eigenvalue weighted by Crippen LogP contribution is -2.45. The van der Waals surface area contributed by atoms with Crippen LogP contribution >= 0.6 is 11.6 Å². The summed E-state index contributed by atoms with van der Waals surface area (Å²) in [5.74, 6) is -0.101. The number of nitrogens with zero attached hydrogens (tertiary/aromatic N) is 7. The Hall–Kier alpha value is -3.62. The maximum atomic E-state index is 15.1. The van der Waals surface area contributed by atoms with Gasteiger partial charge in [-0.15, -0.1) is 5.10 Å². The molecule has 4 aromatic rings. The number of aromatic nitrogens is 6. The van der Waals surface area contributed by atoms with E-state index in [0.717, 1.165) is 11.1 Å². The van der Waals surface area contributed by atoms with Crippen molar-refractivity contribution in [2.24, 2.45) is 0 Å². The molecule has 0 bridgehead atoms. The van der Waals surface area contributed by atoms with E-state index in [9.17, 15) is 14.3 Å². The third kappa shape index (κ3) is 6.28. The van der Waals surface area contributed by atoms with Gasteiger partial charge in [-0.25, -0.2) is 22.8 Å². The van der Waals surface area contributed by atoms with Crippen molar-refractivity contribution in [1.82, 2.24) is 34.5 Å². The van der Waals surface area contributed by atoms with Crippen LogP contribution in [0.2, 0.25) is 23.2 Å². The summed E-state index contributed by atoms with van der Waals surface area (Å²) < 4.78 is 45.0. The highest BCUT2D eigenvalue weighted by Gasteiger charge is 2.38. The number of likely N-dealkylation sites (tertiary alicyclic amines) is 1. The fourth-order valence-corrected chi connectivity index (χ4v) is 6.17. The Bertz CT molecular complexity index is 1660. The second-order valence-electron chi connectivity index (χ2n) is 12.5. The molecule has 0 spiro atoms. The highest BCUT2D eigenvalue weighted by atomic mass is 35.5. The molecule has 1 fully saturated rings. The Labute approximate surface area is 259 Å². The van der Waals surface area contributed by atoms with E-state index in [-0.39, 0.29) is 31.2 Å². The van der Waals surface area contributed by atoms with Crippen LogP contribution < -0.4 is 4.74 Å². The highest BCUT2D eigenvalue weighted by Crippen LogP contribution is 2.39. The predicted molar refractivity (Wildman–Crippen MR) is 163 cm³/mol. The van der Waals surface area contributed by atoms with Gasteiger partial charge in [0.05, 0.1) is 48.0 Å². The molecule has 4 aromatic heterocycles. The summed E-state index contributed by atoms with van der Waals surface area (Å²) in [5.41, 5.74) is 2.65. The second kappa shape index (κ2) is 12.0. The van der Waals surface area contributed by atoms with E-state index < -0.39 is 38.5 Å². The van der Waals surface area contributed by atoms with Crippen LogP contribution in [0.25, 0.3) is 16.8 Å². The topological polar surface area (TPSA) is 120 Å². The SMILES string of the molecule is Cc1c(-c2cc(OC(CO[Si](C)(C)C(C)(C)C)c3ccc(F)cn3)c3c(Cl)cnn3c2)nnn1[C@H]1CCN(C(=O)O)C[C@@H]1F. The van der Waals surface area contributed by atoms with Crippen molar-refractivity contribution >= 4 is 31.5 Å². The van der Waals surface area contributed by atoms with E-state index >= 15 is 4.39 Å². The molecule has 1 N–H and O–H groups in total. The average Bonchev–Trinajstić information content (AvgIpc) is 3.52. The van der Waals surface area contributed by atoms with E-state index in [1.807, 2.05) is 0 Å². The van der Waals surface area contributed by atoms with Crippen LogP contribution in [0.1, 0.15) is 50.7 Å². The van der Waals surface area contributed by atoms with Crippen molar-refractivity contribution in [3.8, 4) is 17.0 Å². The molecule has 0 aliphatic carbocycles. The maximum absolute atomic E-state index is 15.1. The van der Waals surface area contributed by atoms with Gasteiger partial charge in [-0.1, -0.05) is 37.6 Å². The van der Waals surface area contributed by atoms with Crippen LogP contribution in [0.4, 0.5) is 13.6 Å². The summed E-state index contributed by atoms with van der Waals surface area (Å²) in [7, 11) is -2.19. The number of rotatable bonds is 8. The molecule has 44 heavy (non-hydrogen) atoms. The number of alkyl halides is 1. The fraction of sp³-hybridized carbons (Fsp3) is 0.483. The van der Waals surface area contributed by atoms with Crippen LogP contribution in [0.3, 0.4) is 0 Å². The summed E-state index contributed by atoms with van der Waals surface area (Å²) in [4.78, 5) is 16.7. The van der Waals surface area contributed by atoms with Gasteiger partial charge < -0.3 is 19.2 Å². The number of carbonyl (C=O) groups is 1. The first kappa shape index (κ1) is 31.8. The van der Waals surface area contributed by atoms with Gasteiger partial charge in [0.2, 0.25) is 0 Å². The molecule has 11 nitrogen and oxygen atoms in total. The highest BCUT2D eigenvalue weighted by molar-refractivity contribution is 6.74. The molecule has 5 heterocycles. The molecular weight excluding hydrogens is 612 g/mol. The minimum absolute atomic E-state index is 0.0536. The number of amides is 1. The smallest absolute Gasteiger partial charge is 0.407 e. The minimum atomic E-state index is -2.19. The van der Waals surface area contributed by atoms with Gasteiger partial charge in [-0.2, -0.15) is 5.10 Å². The lowest BCUT2D eigenvalue weighted by molar-refractivity contribution is 0.0741. The molecule has 1 aliphatic heterocycles. The van der Waals surface area contributed by atoms with Crippen molar-refractivity contribution in [3.05, 3.63) is 59.0 Å². The summed E-state index contributed by atoms with van der Waals surface area (Å²) in [6.07, 6.45) is 1.33. The van der Waals surface area contributed by atoms with E-state index in [1.54, 1.807) is 29.8 Å². The van der Waals surface area contributed by atoms with Gasteiger partial charge in [0.25, 0.3) is 0 Å². The molecule has 3 atom stereocenters. The normalized spacial score (nSPS) is 18.5. The zero-order valence-electron chi connectivity index (χ0n) is 25.5. The van der Waals surface area contributed by atoms with E-state index in [1.165, 1.54) is 16.9 Å². The number of pyridine rings is 2. The van der Waals surface area contributed by atoms with Gasteiger partial charge in [0, 0.05) is 18.3 Å². The molecule has 1 amide bonds. The molecule has 0 aromatic carbocycles. The fourth-order valence-electron chi connectivity index (χ4n) is 4.94. The van der Waals surface area contributed by atoms with Crippen LogP contribution in [0.15, 0.2) is 36.8 Å². The molecule has 5 rings (SSSR count). The van der Waals surface area contributed by atoms with Crippen molar-refractivity contribution in [2.45, 2.75) is 70.6 Å². The van der Waals surface area contributed by atoms with Crippen molar-refractivity contribution in [1.29, 1.82) is 0 Å².